The summed E-state index contributed by atoms with van der Waals surface area (Å²) in [5.74, 6) is -1.01. The van der Waals surface area contributed by atoms with Crippen LogP contribution in [0.5, 0.6) is 0 Å². The van der Waals surface area contributed by atoms with Gasteiger partial charge in [-0.1, -0.05) is 0 Å². The fraction of sp³-hybridized carbons (Fsp3) is 0.786. The predicted octanol–water partition coefficient (Wildman–Crippen LogP) is 1.18. The molecule has 21 heavy (non-hydrogen) atoms. The van der Waals surface area contributed by atoms with Gasteiger partial charge in [0.25, 0.3) is 0 Å². The number of hydrogen-bond donors (Lipinski definition) is 1. The third-order valence-corrected chi connectivity index (χ3v) is 3.55. The Kier molecular flexibility index (Phi) is 6.98. The van der Waals surface area contributed by atoms with Gasteiger partial charge in [-0.25, -0.2) is 4.79 Å². The zero-order valence-electron chi connectivity index (χ0n) is 12.7. The maximum absolute atomic E-state index is 12.2. The topological polar surface area (TPSA) is 87.2 Å². The number of hydrogen-bond acceptors (Lipinski definition) is 4. The number of carbonyl (C=O) groups excluding carboxylic acids is 2. The zero-order valence-corrected chi connectivity index (χ0v) is 12.7. The number of esters is 1. The van der Waals surface area contributed by atoms with E-state index in [1.807, 2.05) is 0 Å². The highest BCUT2D eigenvalue weighted by molar-refractivity contribution is 5.80. The molecule has 0 aliphatic carbocycles. The van der Waals surface area contributed by atoms with E-state index < -0.39 is 11.9 Å². The molecule has 120 valence electrons. The summed E-state index contributed by atoms with van der Waals surface area (Å²) in [6.07, 6.45) is 2.52. The van der Waals surface area contributed by atoms with Crippen molar-refractivity contribution in [3.05, 3.63) is 0 Å². The molecule has 0 aromatic rings. The summed E-state index contributed by atoms with van der Waals surface area (Å²) in [4.78, 5) is 37.3. The van der Waals surface area contributed by atoms with Crippen LogP contribution in [0.1, 0.15) is 32.6 Å². The number of urea groups is 1. The number of carbonyl (C=O) groups is 3. The van der Waals surface area contributed by atoms with Crippen molar-refractivity contribution in [1.29, 1.82) is 0 Å². The van der Waals surface area contributed by atoms with Crippen LogP contribution in [0.3, 0.4) is 0 Å². The molecular weight excluding hydrogens is 276 g/mol. The minimum atomic E-state index is -0.808. The predicted molar refractivity (Wildman–Crippen MR) is 75.8 cm³/mol. The van der Waals surface area contributed by atoms with Gasteiger partial charge in [0.05, 0.1) is 6.61 Å². The van der Waals surface area contributed by atoms with E-state index in [9.17, 15) is 14.4 Å². The summed E-state index contributed by atoms with van der Waals surface area (Å²) in [5.41, 5.74) is 0. The quantitative estimate of drug-likeness (QED) is 0.744. The van der Waals surface area contributed by atoms with Crippen LogP contribution in [0, 0.1) is 5.92 Å². The highest BCUT2D eigenvalue weighted by Gasteiger charge is 2.26. The SMILES string of the molecule is CCOC(=O)CN(C)C(=O)N1CCCC(CCC(=O)O)C1. The molecule has 1 unspecified atom stereocenters. The lowest BCUT2D eigenvalue weighted by atomic mass is 9.93. The van der Waals surface area contributed by atoms with Crippen LogP contribution in [0.25, 0.3) is 0 Å². The molecule has 1 aliphatic heterocycles. The Morgan fingerprint density at radius 3 is 2.71 bits per heavy atom. The molecule has 1 heterocycles. The second-order valence-corrected chi connectivity index (χ2v) is 5.33. The molecular formula is C14H24N2O5. The molecule has 1 saturated heterocycles. The van der Waals surface area contributed by atoms with Gasteiger partial charge < -0.3 is 19.6 Å². The first-order valence-electron chi connectivity index (χ1n) is 7.31. The van der Waals surface area contributed by atoms with Gasteiger partial charge >= 0.3 is 18.0 Å². The van der Waals surface area contributed by atoms with E-state index in [2.05, 4.69) is 0 Å². The van der Waals surface area contributed by atoms with Crippen LogP contribution in [-0.4, -0.2) is 66.2 Å². The molecule has 7 heteroatoms. The summed E-state index contributed by atoms with van der Waals surface area (Å²) in [6, 6.07) is -0.205. The Hall–Kier alpha value is -1.79. The molecule has 1 atom stereocenters. The standard InChI is InChI=1S/C14H24N2O5/c1-3-21-13(19)10-15(2)14(20)16-8-4-5-11(9-16)6-7-12(17)18/h11H,3-10H2,1-2H3,(H,17,18). The van der Waals surface area contributed by atoms with Crippen molar-refractivity contribution in [1.82, 2.24) is 9.80 Å². The maximum atomic E-state index is 12.2. The number of aliphatic carboxylic acids is 1. The van der Waals surface area contributed by atoms with E-state index in [1.54, 1.807) is 18.9 Å². The van der Waals surface area contributed by atoms with Crippen molar-refractivity contribution < 1.29 is 24.2 Å². The fourth-order valence-electron chi connectivity index (χ4n) is 2.51. The largest absolute Gasteiger partial charge is 0.481 e. The summed E-state index contributed by atoms with van der Waals surface area (Å²) >= 11 is 0. The summed E-state index contributed by atoms with van der Waals surface area (Å²) in [7, 11) is 1.57. The fourth-order valence-corrected chi connectivity index (χ4v) is 2.51. The lowest BCUT2D eigenvalue weighted by Gasteiger charge is -2.35. The van der Waals surface area contributed by atoms with E-state index in [1.165, 1.54) is 4.90 Å². The van der Waals surface area contributed by atoms with E-state index >= 15 is 0 Å². The van der Waals surface area contributed by atoms with Crippen molar-refractivity contribution >= 4 is 18.0 Å². The van der Waals surface area contributed by atoms with Crippen LogP contribution < -0.4 is 0 Å². The highest BCUT2D eigenvalue weighted by Crippen LogP contribution is 2.21. The molecule has 7 nitrogen and oxygen atoms in total. The number of ether oxygens (including phenoxy) is 1. The first kappa shape index (κ1) is 17.3. The van der Waals surface area contributed by atoms with Crippen molar-refractivity contribution in [3.63, 3.8) is 0 Å². The first-order valence-corrected chi connectivity index (χ1v) is 7.31. The molecule has 0 radical (unpaired) electrons. The lowest BCUT2D eigenvalue weighted by molar-refractivity contribution is -0.143. The number of nitrogens with zero attached hydrogens (tertiary/aromatic N) is 2. The van der Waals surface area contributed by atoms with Crippen LogP contribution in [-0.2, 0) is 14.3 Å². The van der Waals surface area contributed by atoms with Crippen LogP contribution in [0.2, 0.25) is 0 Å². The van der Waals surface area contributed by atoms with E-state index in [-0.39, 0.29) is 24.9 Å². The van der Waals surface area contributed by atoms with Crippen molar-refractivity contribution in [2.45, 2.75) is 32.6 Å². The molecule has 0 saturated carbocycles. The third kappa shape index (κ3) is 6.01. The molecule has 2 amide bonds. The Balaban J connectivity index is 2.45. The van der Waals surface area contributed by atoms with Crippen LogP contribution >= 0.6 is 0 Å². The Labute approximate surface area is 124 Å². The molecule has 1 aliphatic rings. The Morgan fingerprint density at radius 1 is 1.38 bits per heavy atom. The minimum Gasteiger partial charge on any atom is -0.481 e. The molecule has 0 bridgehead atoms. The van der Waals surface area contributed by atoms with E-state index in [0.29, 0.717) is 26.1 Å². The molecule has 0 aromatic carbocycles. The van der Waals surface area contributed by atoms with E-state index in [4.69, 9.17) is 9.84 Å². The summed E-state index contributed by atoms with van der Waals surface area (Å²) < 4.78 is 4.82. The Morgan fingerprint density at radius 2 is 2.10 bits per heavy atom. The van der Waals surface area contributed by atoms with Crippen LogP contribution in [0.15, 0.2) is 0 Å². The average Bonchev–Trinajstić information content (AvgIpc) is 2.44. The lowest BCUT2D eigenvalue weighted by Crippen LogP contribution is -2.47. The first-order chi connectivity index (χ1) is 9.93. The Bertz CT molecular complexity index is 386. The molecule has 1 rings (SSSR count). The summed E-state index contributed by atoms with van der Waals surface area (Å²) in [5, 5.41) is 8.72. The number of piperidine rings is 1. The van der Waals surface area contributed by atoms with Crippen molar-refractivity contribution in [2.75, 3.05) is 33.3 Å². The maximum Gasteiger partial charge on any atom is 0.325 e. The molecule has 0 aromatic heterocycles. The van der Waals surface area contributed by atoms with Crippen molar-refractivity contribution in [3.8, 4) is 0 Å². The van der Waals surface area contributed by atoms with Gasteiger partial charge in [0.1, 0.15) is 6.54 Å². The van der Waals surface area contributed by atoms with Crippen LogP contribution in [0.4, 0.5) is 4.79 Å². The molecule has 1 fully saturated rings. The molecule has 1 N–H and O–H groups in total. The van der Waals surface area contributed by atoms with Gasteiger partial charge in [-0.2, -0.15) is 0 Å². The second-order valence-electron chi connectivity index (χ2n) is 5.33. The number of amides is 2. The highest BCUT2D eigenvalue weighted by atomic mass is 16.5. The van der Waals surface area contributed by atoms with Gasteiger partial charge in [0, 0.05) is 26.6 Å². The minimum absolute atomic E-state index is 0.0665. The van der Waals surface area contributed by atoms with Gasteiger partial charge in [-0.05, 0) is 32.1 Å². The van der Waals surface area contributed by atoms with Crippen molar-refractivity contribution in [2.24, 2.45) is 5.92 Å². The number of rotatable bonds is 6. The van der Waals surface area contributed by atoms with Gasteiger partial charge in [-0.15, -0.1) is 0 Å². The monoisotopic (exact) mass is 300 g/mol. The van der Waals surface area contributed by atoms with Gasteiger partial charge in [-0.3, -0.25) is 9.59 Å². The zero-order chi connectivity index (χ0) is 15.8. The number of carboxylic acids is 1. The average molecular weight is 300 g/mol. The van der Waals surface area contributed by atoms with E-state index in [0.717, 1.165) is 12.8 Å². The number of carboxylic acid groups (broad SMARTS) is 1. The number of likely N-dealkylation sites (N-methyl/N-ethyl adjacent to an activating group) is 1. The van der Waals surface area contributed by atoms with Gasteiger partial charge in [0.2, 0.25) is 0 Å². The molecule has 0 spiro atoms. The third-order valence-electron chi connectivity index (χ3n) is 3.55. The summed E-state index contributed by atoms with van der Waals surface area (Å²) in [6.45, 7) is 3.15. The van der Waals surface area contributed by atoms with Gasteiger partial charge in [0.15, 0.2) is 0 Å². The normalized spacial score (nSPS) is 18.2. The second kappa shape index (κ2) is 8.49. The number of likely N-dealkylation sites (tertiary alicyclic amines) is 1. The smallest absolute Gasteiger partial charge is 0.325 e.